The molecule has 0 aliphatic carbocycles. The van der Waals surface area contributed by atoms with Crippen LogP contribution in [0.3, 0.4) is 0 Å². The van der Waals surface area contributed by atoms with E-state index in [2.05, 4.69) is 61.8 Å². The number of hydrogen-bond acceptors (Lipinski definition) is 3. The molecule has 4 heteroatoms. The van der Waals surface area contributed by atoms with Crippen LogP contribution >= 0.6 is 0 Å². The van der Waals surface area contributed by atoms with Crippen LogP contribution in [0.4, 0.5) is 4.39 Å². The molecule has 3 nitrogen and oxygen atoms in total. The summed E-state index contributed by atoms with van der Waals surface area (Å²) in [6.07, 6.45) is 15.1. The van der Waals surface area contributed by atoms with E-state index < -0.39 is 5.82 Å². The van der Waals surface area contributed by atoms with Crippen LogP contribution in [0.25, 0.3) is 28.5 Å². The van der Waals surface area contributed by atoms with Crippen LogP contribution in [0.5, 0.6) is 5.75 Å². The smallest absolute Gasteiger partial charge is 0.165 e. The van der Waals surface area contributed by atoms with Crippen molar-refractivity contribution in [1.82, 2.24) is 4.98 Å². The van der Waals surface area contributed by atoms with E-state index in [9.17, 15) is 4.39 Å². The molecule has 0 N–H and O–H groups in total. The third-order valence-corrected chi connectivity index (χ3v) is 6.03. The Balaban J connectivity index is 1.49. The molecule has 0 bridgehead atoms. The van der Waals surface area contributed by atoms with E-state index in [1.807, 2.05) is 24.4 Å². The van der Waals surface area contributed by atoms with Crippen LogP contribution in [0.1, 0.15) is 57.9 Å². The number of unbranched alkanes of at least 4 members (excludes halogenated alkanes) is 3. The quantitative estimate of drug-likeness (QED) is 0.158. The lowest BCUT2D eigenvalue weighted by molar-refractivity contribution is 0.0566. The Morgan fingerprint density at radius 2 is 1.75 bits per heavy atom. The molecule has 0 aliphatic rings. The average molecular weight is 488 g/mol. The van der Waals surface area contributed by atoms with Gasteiger partial charge in [0.25, 0.3) is 0 Å². The van der Waals surface area contributed by atoms with Crippen molar-refractivity contribution in [1.29, 1.82) is 0 Å². The fourth-order valence-electron chi connectivity index (χ4n) is 3.91. The molecule has 36 heavy (non-hydrogen) atoms. The van der Waals surface area contributed by atoms with Crippen LogP contribution in [-0.2, 0) is 4.74 Å². The average Bonchev–Trinajstić information content (AvgIpc) is 2.91. The predicted molar refractivity (Wildman–Crippen MR) is 149 cm³/mol. The first-order chi connectivity index (χ1) is 17.6. The number of ether oxygens (including phenoxy) is 2. The van der Waals surface area contributed by atoms with E-state index in [4.69, 9.17) is 9.47 Å². The first kappa shape index (κ1) is 27.3. The van der Waals surface area contributed by atoms with Gasteiger partial charge in [0.05, 0.1) is 11.8 Å². The van der Waals surface area contributed by atoms with Gasteiger partial charge in [-0.2, -0.15) is 0 Å². The zero-order chi connectivity index (χ0) is 25.6. The number of halogens is 1. The molecular weight excluding hydrogens is 449 g/mol. The number of pyridine rings is 1. The number of benzene rings is 2. The number of hydrogen-bond donors (Lipinski definition) is 0. The van der Waals surface area contributed by atoms with Crippen LogP contribution in [0.2, 0.25) is 0 Å². The Hall–Kier alpha value is -3.24. The zero-order valence-electron chi connectivity index (χ0n) is 21.6. The molecule has 2 aromatic carbocycles. The fourth-order valence-corrected chi connectivity index (χ4v) is 3.91. The second kappa shape index (κ2) is 15.0. The topological polar surface area (TPSA) is 31.4 Å². The van der Waals surface area contributed by atoms with Gasteiger partial charge in [-0.15, -0.1) is 0 Å². The molecule has 1 aromatic heterocycles. The predicted octanol–water partition coefficient (Wildman–Crippen LogP) is 8.90. The second-order valence-corrected chi connectivity index (χ2v) is 9.02. The van der Waals surface area contributed by atoms with Crippen molar-refractivity contribution in [3.8, 4) is 28.1 Å². The minimum atomic E-state index is -0.408. The molecule has 1 atom stereocenters. The minimum absolute atomic E-state index is 0.214. The molecule has 0 radical (unpaired) electrons. The standard InChI is InChI=1S/C32H38FNO2/c1-4-6-10-22-35-25(3)11-8-7-9-12-26-13-15-27(16-14-26)29-17-19-31(34-24-29)28-18-20-32(30(33)23-28)36-21-5-2/h5,9,12-20,23-25H,2,4,6-8,10-11,21-22H2,1,3H3. The van der Waals surface area contributed by atoms with E-state index in [0.717, 1.165) is 43.4 Å². The highest BCUT2D eigenvalue weighted by Crippen LogP contribution is 2.27. The van der Waals surface area contributed by atoms with Crippen molar-refractivity contribution in [2.24, 2.45) is 0 Å². The summed E-state index contributed by atoms with van der Waals surface area (Å²) in [6.45, 7) is 9.12. The highest BCUT2D eigenvalue weighted by atomic mass is 19.1. The summed E-state index contributed by atoms with van der Waals surface area (Å²) in [5.74, 6) is -0.195. The monoisotopic (exact) mass is 487 g/mol. The van der Waals surface area contributed by atoms with Crippen molar-refractivity contribution < 1.29 is 13.9 Å². The van der Waals surface area contributed by atoms with E-state index >= 15 is 0 Å². The van der Waals surface area contributed by atoms with E-state index in [-0.39, 0.29) is 12.4 Å². The normalized spacial score (nSPS) is 12.1. The second-order valence-electron chi connectivity index (χ2n) is 9.02. The molecule has 190 valence electrons. The summed E-state index contributed by atoms with van der Waals surface area (Å²) in [6, 6.07) is 17.3. The molecule has 0 amide bonds. The lowest BCUT2D eigenvalue weighted by Crippen LogP contribution is -2.08. The van der Waals surface area contributed by atoms with E-state index in [0.29, 0.717) is 17.4 Å². The van der Waals surface area contributed by atoms with Gasteiger partial charge in [0, 0.05) is 23.9 Å². The molecule has 0 fully saturated rings. The van der Waals surface area contributed by atoms with Gasteiger partial charge in [-0.3, -0.25) is 4.98 Å². The maximum Gasteiger partial charge on any atom is 0.165 e. The molecule has 3 rings (SSSR count). The van der Waals surface area contributed by atoms with Crippen LogP contribution in [-0.4, -0.2) is 24.3 Å². The zero-order valence-corrected chi connectivity index (χ0v) is 21.6. The van der Waals surface area contributed by atoms with Gasteiger partial charge in [-0.05, 0) is 68.0 Å². The van der Waals surface area contributed by atoms with Crippen LogP contribution in [0, 0.1) is 5.82 Å². The third-order valence-electron chi connectivity index (χ3n) is 6.03. The van der Waals surface area contributed by atoms with Gasteiger partial charge in [0.1, 0.15) is 6.61 Å². The molecule has 0 saturated heterocycles. The van der Waals surface area contributed by atoms with Gasteiger partial charge in [0.2, 0.25) is 0 Å². The van der Waals surface area contributed by atoms with Crippen molar-refractivity contribution in [2.45, 2.75) is 58.5 Å². The summed E-state index contributed by atoms with van der Waals surface area (Å²) in [4.78, 5) is 4.54. The van der Waals surface area contributed by atoms with Gasteiger partial charge in [-0.25, -0.2) is 4.39 Å². The Kier molecular flexibility index (Phi) is 11.4. The van der Waals surface area contributed by atoms with Crippen LogP contribution in [0.15, 0.2) is 79.5 Å². The van der Waals surface area contributed by atoms with Crippen molar-refractivity contribution >= 4 is 6.08 Å². The number of nitrogens with zero attached hydrogens (tertiary/aromatic N) is 1. The highest BCUT2D eigenvalue weighted by Gasteiger charge is 2.08. The SMILES string of the molecule is C=CCOc1ccc(-c2ccc(-c3ccc(C=CCCCC(C)OCCCCC)cc3)cn2)cc1F. The largest absolute Gasteiger partial charge is 0.486 e. The van der Waals surface area contributed by atoms with Gasteiger partial charge in [0.15, 0.2) is 11.6 Å². The third kappa shape index (κ3) is 8.76. The van der Waals surface area contributed by atoms with E-state index in [1.54, 1.807) is 12.1 Å². The van der Waals surface area contributed by atoms with Crippen LogP contribution < -0.4 is 4.74 Å². The molecule has 1 heterocycles. The molecular formula is C32H38FNO2. The summed E-state index contributed by atoms with van der Waals surface area (Å²) >= 11 is 0. The Labute approximate surface area is 215 Å². The Morgan fingerprint density at radius 3 is 2.44 bits per heavy atom. The molecule has 0 aliphatic heterocycles. The maximum absolute atomic E-state index is 14.3. The van der Waals surface area contributed by atoms with Gasteiger partial charge < -0.3 is 9.47 Å². The Bertz CT molecular complexity index is 1090. The summed E-state index contributed by atoms with van der Waals surface area (Å²) in [5, 5.41) is 0. The van der Waals surface area contributed by atoms with Crippen molar-refractivity contribution in [3.05, 3.63) is 90.9 Å². The summed E-state index contributed by atoms with van der Waals surface area (Å²) < 4.78 is 25.4. The molecule has 0 spiro atoms. The van der Waals surface area contributed by atoms with Gasteiger partial charge >= 0.3 is 0 Å². The number of aromatic nitrogens is 1. The lowest BCUT2D eigenvalue weighted by atomic mass is 10.0. The minimum Gasteiger partial charge on any atom is -0.486 e. The molecule has 1 unspecified atom stereocenters. The van der Waals surface area contributed by atoms with Crippen molar-refractivity contribution in [2.75, 3.05) is 13.2 Å². The summed E-state index contributed by atoms with van der Waals surface area (Å²) in [5.41, 5.74) is 4.73. The molecule has 3 aromatic rings. The maximum atomic E-state index is 14.3. The number of allylic oxidation sites excluding steroid dienone is 1. The first-order valence-electron chi connectivity index (χ1n) is 13.0. The summed E-state index contributed by atoms with van der Waals surface area (Å²) in [7, 11) is 0. The lowest BCUT2D eigenvalue weighted by Gasteiger charge is -2.12. The highest BCUT2D eigenvalue weighted by molar-refractivity contribution is 5.68. The fraction of sp³-hybridized carbons (Fsp3) is 0.344. The van der Waals surface area contributed by atoms with Gasteiger partial charge in [-0.1, -0.05) is 74.9 Å². The Morgan fingerprint density at radius 1 is 0.972 bits per heavy atom. The van der Waals surface area contributed by atoms with Crippen molar-refractivity contribution in [3.63, 3.8) is 0 Å². The van der Waals surface area contributed by atoms with E-state index in [1.165, 1.54) is 24.5 Å². The number of rotatable bonds is 15. The first-order valence-corrected chi connectivity index (χ1v) is 13.0. The molecule has 0 saturated carbocycles.